The van der Waals surface area contributed by atoms with Crippen LogP contribution >= 0.6 is 11.8 Å². The third-order valence-electron chi connectivity index (χ3n) is 4.56. The van der Waals surface area contributed by atoms with Gasteiger partial charge in [0.1, 0.15) is 11.5 Å². The number of hydrogen-bond donors (Lipinski definition) is 0. The molecule has 1 saturated heterocycles. The summed E-state index contributed by atoms with van der Waals surface area (Å²) in [5, 5.41) is 9.78. The first-order chi connectivity index (χ1) is 12.1. The van der Waals surface area contributed by atoms with E-state index in [1.807, 2.05) is 12.1 Å². The normalized spacial score (nSPS) is 15.7. The number of nitrogens with zero attached hydrogens (tertiary/aromatic N) is 4. The highest BCUT2D eigenvalue weighted by Gasteiger charge is 2.23. The second-order valence-electron chi connectivity index (χ2n) is 6.77. The second-order valence-corrected chi connectivity index (χ2v) is 7.83. The van der Waals surface area contributed by atoms with Gasteiger partial charge in [0.2, 0.25) is 5.95 Å². The van der Waals surface area contributed by atoms with Crippen LogP contribution in [-0.4, -0.2) is 39.4 Å². The summed E-state index contributed by atoms with van der Waals surface area (Å²) in [5.74, 6) is 3.71. The van der Waals surface area contributed by atoms with E-state index < -0.39 is 0 Å². The van der Waals surface area contributed by atoms with Gasteiger partial charge in [-0.3, -0.25) is 4.57 Å². The van der Waals surface area contributed by atoms with Gasteiger partial charge in [0.15, 0.2) is 5.16 Å². The first-order valence-electron chi connectivity index (χ1n) is 8.96. The molecular formula is C18H26N4O2S. The molecule has 0 bridgehead atoms. The van der Waals surface area contributed by atoms with E-state index in [9.17, 15) is 4.79 Å². The predicted molar refractivity (Wildman–Crippen MR) is 99.1 cm³/mol. The van der Waals surface area contributed by atoms with E-state index in [-0.39, 0.29) is 5.78 Å². The Hall–Kier alpha value is -1.76. The highest BCUT2D eigenvalue weighted by molar-refractivity contribution is 7.99. The van der Waals surface area contributed by atoms with Crippen molar-refractivity contribution >= 4 is 23.5 Å². The zero-order valence-electron chi connectivity index (χ0n) is 15.0. The van der Waals surface area contributed by atoms with Crippen molar-refractivity contribution in [1.29, 1.82) is 0 Å². The molecule has 2 aromatic heterocycles. The van der Waals surface area contributed by atoms with Gasteiger partial charge >= 0.3 is 0 Å². The molecule has 6 nitrogen and oxygen atoms in total. The first kappa shape index (κ1) is 18.0. The van der Waals surface area contributed by atoms with Crippen LogP contribution in [0, 0.1) is 5.92 Å². The van der Waals surface area contributed by atoms with E-state index in [1.54, 1.807) is 24.9 Å². The maximum absolute atomic E-state index is 11.1. The lowest BCUT2D eigenvalue weighted by Crippen LogP contribution is -2.35. The Bertz CT molecular complexity index is 675. The molecule has 0 N–H and O–H groups in total. The standard InChI is InChI=1S/C18H26N4O2S/c1-14-7-9-21(10-8-14)17-19-20-18(25-12-4-5-15(2)23)22(17)13-16-6-3-11-24-16/h3,6,11,14H,4-5,7-10,12-13H2,1-2H3. The van der Waals surface area contributed by atoms with Gasteiger partial charge in [-0.2, -0.15) is 0 Å². The number of anilines is 1. The molecule has 25 heavy (non-hydrogen) atoms. The molecule has 0 amide bonds. The molecule has 7 heteroatoms. The molecule has 1 aliphatic rings. The topological polar surface area (TPSA) is 64.2 Å². The minimum atomic E-state index is 0.237. The van der Waals surface area contributed by atoms with Crippen molar-refractivity contribution in [3.8, 4) is 0 Å². The van der Waals surface area contributed by atoms with Crippen molar-refractivity contribution < 1.29 is 9.21 Å². The Morgan fingerprint density at radius 3 is 2.84 bits per heavy atom. The fourth-order valence-corrected chi connectivity index (χ4v) is 3.88. The smallest absolute Gasteiger partial charge is 0.228 e. The molecule has 0 aliphatic carbocycles. The van der Waals surface area contributed by atoms with E-state index in [1.165, 1.54) is 12.8 Å². The largest absolute Gasteiger partial charge is 0.467 e. The fraction of sp³-hybridized carbons (Fsp3) is 0.611. The van der Waals surface area contributed by atoms with Crippen molar-refractivity contribution in [2.24, 2.45) is 5.92 Å². The summed E-state index contributed by atoms with van der Waals surface area (Å²) >= 11 is 1.67. The molecule has 3 heterocycles. The van der Waals surface area contributed by atoms with Gasteiger partial charge in [0.25, 0.3) is 0 Å². The maximum Gasteiger partial charge on any atom is 0.228 e. The van der Waals surface area contributed by atoms with Crippen LogP contribution in [0.25, 0.3) is 0 Å². The molecule has 3 rings (SSSR count). The summed E-state index contributed by atoms with van der Waals surface area (Å²) < 4.78 is 7.68. The number of carbonyl (C=O) groups excluding carboxylic acids is 1. The van der Waals surface area contributed by atoms with Gasteiger partial charge in [-0.05, 0) is 44.2 Å². The van der Waals surface area contributed by atoms with Crippen molar-refractivity contribution in [1.82, 2.24) is 14.8 Å². The van der Waals surface area contributed by atoms with Crippen LogP contribution in [0.15, 0.2) is 28.0 Å². The number of hydrogen-bond acceptors (Lipinski definition) is 6. The Kier molecular flexibility index (Phi) is 6.18. The van der Waals surface area contributed by atoms with Gasteiger partial charge in [-0.25, -0.2) is 0 Å². The van der Waals surface area contributed by atoms with Gasteiger partial charge in [0.05, 0.1) is 12.8 Å². The van der Waals surface area contributed by atoms with Crippen LogP contribution in [-0.2, 0) is 11.3 Å². The summed E-state index contributed by atoms with van der Waals surface area (Å²) in [4.78, 5) is 13.4. The lowest BCUT2D eigenvalue weighted by Gasteiger charge is -2.31. The SMILES string of the molecule is CC(=O)CCCSc1nnc(N2CCC(C)CC2)n1Cc1ccco1. The van der Waals surface area contributed by atoms with Gasteiger partial charge < -0.3 is 14.1 Å². The number of ketones is 1. The molecule has 0 unspecified atom stereocenters. The molecule has 136 valence electrons. The van der Waals surface area contributed by atoms with Crippen molar-refractivity contribution in [2.75, 3.05) is 23.7 Å². The van der Waals surface area contributed by atoms with Crippen molar-refractivity contribution in [3.05, 3.63) is 24.2 Å². The number of rotatable bonds is 8. The Labute approximate surface area is 153 Å². The third kappa shape index (κ3) is 4.87. The molecule has 0 saturated carbocycles. The number of thioether (sulfide) groups is 1. The zero-order chi connectivity index (χ0) is 17.6. The molecule has 0 aromatic carbocycles. The monoisotopic (exact) mass is 362 g/mol. The molecule has 0 spiro atoms. The summed E-state index contributed by atoms with van der Waals surface area (Å²) in [7, 11) is 0. The number of Topliss-reactive ketones (excluding diaryl/α,β-unsaturated/α-hetero) is 1. The van der Waals surface area contributed by atoms with Crippen LogP contribution in [0.2, 0.25) is 0 Å². The molecule has 1 aliphatic heterocycles. The first-order valence-corrected chi connectivity index (χ1v) is 9.95. The number of carbonyl (C=O) groups is 1. The van der Waals surface area contributed by atoms with E-state index >= 15 is 0 Å². The van der Waals surface area contributed by atoms with Gasteiger partial charge in [-0.1, -0.05) is 18.7 Å². The van der Waals surface area contributed by atoms with E-state index in [4.69, 9.17) is 4.42 Å². The lowest BCUT2D eigenvalue weighted by atomic mass is 10.00. The van der Waals surface area contributed by atoms with Gasteiger partial charge in [0, 0.05) is 25.3 Å². The minimum Gasteiger partial charge on any atom is -0.467 e. The Morgan fingerprint density at radius 2 is 2.16 bits per heavy atom. The fourth-order valence-electron chi connectivity index (χ4n) is 3.01. The van der Waals surface area contributed by atoms with Crippen LogP contribution in [0.1, 0.15) is 45.3 Å². The van der Waals surface area contributed by atoms with Crippen LogP contribution < -0.4 is 4.90 Å². The van der Waals surface area contributed by atoms with Crippen LogP contribution in [0.3, 0.4) is 0 Å². The Morgan fingerprint density at radius 1 is 1.36 bits per heavy atom. The lowest BCUT2D eigenvalue weighted by molar-refractivity contribution is -0.117. The van der Waals surface area contributed by atoms with E-state index in [0.717, 1.165) is 48.0 Å². The Balaban J connectivity index is 1.73. The average Bonchev–Trinajstić information content (AvgIpc) is 3.23. The highest BCUT2D eigenvalue weighted by Crippen LogP contribution is 2.27. The van der Waals surface area contributed by atoms with Gasteiger partial charge in [-0.15, -0.1) is 10.2 Å². The zero-order valence-corrected chi connectivity index (χ0v) is 15.8. The molecule has 0 atom stereocenters. The summed E-state index contributed by atoms with van der Waals surface area (Å²) in [6.45, 7) is 6.62. The number of furan rings is 1. The van der Waals surface area contributed by atoms with Crippen LogP contribution in [0.5, 0.6) is 0 Å². The summed E-state index contributed by atoms with van der Waals surface area (Å²) in [6, 6.07) is 3.88. The van der Waals surface area contributed by atoms with Crippen LogP contribution in [0.4, 0.5) is 5.95 Å². The van der Waals surface area contributed by atoms with Crippen molar-refractivity contribution in [2.45, 2.75) is 51.2 Å². The van der Waals surface area contributed by atoms with Crippen molar-refractivity contribution in [3.63, 3.8) is 0 Å². The molecule has 0 radical (unpaired) electrons. The molecular weight excluding hydrogens is 336 g/mol. The average molecular weight is 362 g/mol. The predicted octanol–water partition coefficient (Wildman–Crippen LogP) is 3.62. The number of aromatic nitrogens is 3. The van der Waals surface area contributed by atoms with E-state index in [0.29, 0.717) is 13.0 Å². The summed E-state index contributed by atoms with van der Waals surface area (Å²) in [6.07, 6.45) is 5.56. The quantitative estimate of drug-likeness (QED) is 0.528. The molecule has 2 aromatic rings. The number of piperidine rings is 1. The maximum atomic E-state index is 11.1. The second kappa shape index (κ2) is 8.56. The minimum absolute atomic E-state index is 0.237. The highest BCUT2D eigenvalue weighted by atomic mass is 32.2. The molecule has 1 fully saturated rings. The third-order valence-corrected chi connectivity index (χ3v) is 5.62. The summed E-state index contributed by atoms with van der Waals surface area (Å²) in [5.41, 5.74) is 0. The van der Waals surface area contributed by atoms with E-state index in [2.05, 4.69) is 26.6 Å².